The van der Waals surface area contributed by atoms with Crippen molar-refractivity contribution in [3.05, 3.63) is 59.2 Å². The zero-order valence-corrected chi connectivity index (χ0v) is 17.7. The van der Waals surface area contributed by atoms with E-state index in [2.05, 4.69) is 42.6 Å². The van der Waals surface area contributed by atoms with Crippen molar-refractivity contribution in [2.75, 3.05) is 19.8 Å². The Morgan fingerprint density at radius 2 is 1.54 bits per heavy atom. The van der Waals surface area contributed by atoms with Crippen molar-refractivity contribution in [2.45, 2.75) is 59.1 Å². The number of hydrogen-bond acceptors (Lipinski definition) is 4. The van der Waals surface area contributed by atoms with E-state index in [1.165, 1.54) is 12.0 Å². The van der Waals surface area contributed by atoms with Crippen LogP contribution >= 0.6 is 0 Å². The minimum Gasteiger partial charge on any atom is -0.493 e. The van der Waals surface area contributed by atoms with Gasteiger partial charge in [0.2, 0.25) is 0 Å². The van der Waals surface area contributed by atoms with E-state index in [4.69, 9.17) is 9.47 Å². The summed E-state index contributed by atoms with van der Waals surface area (Å²) >= 11 is 0. The average Bonchev–Trinajstić information content (AvgIpc) is 2.68. The minimum atomic E-state index is -0.640. The van der Waals surface area contributed by atoms with Crippen molar-refractivity contribution in [1.29, 1.82) is 0 Å². The Kier molecular flexibility index (Phi) is 9.32. The van der Waals surface area contributed by atoms with Crippen LogP contribution in [-0.2, 0) is 6.42 Å². The molecule has 0 heterocycles. The first kappa shape index (κ1) is 22.3. The van der Waals surface area contributed by atoms with Crippen molar-refractivity contribution in [3.63, 3.8) is 0 Å². The molecule has 2 N–H and O–H groups in total. The average molecular weight is 386 g/mol. The standard InChI is InChI=1S/C24H35NO3/c1-5-27-22-16-21(17-23(28-6-2)24(22)19(4)26)18(3)25-15-11-10-14-20-12-8-7-9-13-20/h7-9,12-13,16-19,25-26H,5-6,10-11,14-15H2,1-4H3. The third kappa shape index (κ3) is 6.54. The van der Waals surface area contributed by atoms with E-state index >= 15 is 0 Å². The Morgan fingerprint density at radius 3 is 2.07 bits per heavy atom. The van der Waals surface area contributed by atoms with Crippen LogP contribution < -0.4 is 14.8 Å². The lowest BCUT2D eigenvalue weighted by Gasteiger charge is -2.22. The maximum absolute atomic E-state index is 10.2. The predicted molar refractivity (Wildman–Crippen MR) is 115 cm³/mol. The summed E-state index contributed by atoms with van der Waals surface area (Å²) in [6.45, 7) is 9.86. The molecule has 4 heteroatoms. The molecule has 0 radical (unpaired) electrons. The largest absolute Gasteiger partial charge is 0.493 e. The molecule has 0 fully saturated rings. The Labute approximate surface area is 169 Å². The van der Waals surface area contributed by atoms with Crippen LogP contribution in [0.15, 0.2) is 42.5 Å². The van der Waals surface area contributed by atoms with E-state index in [1.54, 1.807) is 6.92 Å². The second-order valence-electron chi connectivity index (χ2n) is 7.09. The fourth-order valence-electron chi connectivity index (χ4n) is 3.37. The summed E-state index contributed by atoms with van der Waals surface area (Å²) in [5.74, 6) is 1.41. The van der Waals surface area contributed by atoms with E-state index in [1.807, 2.05) is 26.0 Å². The van der Waals surface area contributed by atoms with Crippen molar-refractivity contribution in [2.24, 2.45) is 0 Å². The molecule has 2 rings (SSSR count). The van der Waals surface area contributed by atoms with Gasteiger partial charge < -0.3 is 19.9 Å². The van der Waals surface area contributed by atoms with Crippen molar-refractivity contribution < 1.29 is 14.6 Å². The van der Waals surface area contributed by atoms with Gasteiger partial charge in [-0.1, -0.05) is 30.3 Å². The Bertz CT molecular complexity index is 673. The molecule has 2 unspecified atom stereocenters. The van der Waals surface area contributed by atoms with Gasteiger partial charge in [-0.15, -0.1) is 0 Å². The highest BCUT2D eigenvalue weighted by molar-refractivity contribution is 5.50. The van der Waals surface area contributed by atoms with Crippen LogP contribution in [0.4, 0.5) is 0 Å². The lowest BCUT2D eigenvalue weighted by atomic mass is 10.0. The lowest BCUT2D eigenvalue weighted by Crippen LogP contribution is -2.20. The summed E-state index contributed by atoms with van der Waals surface area (Å²) in [7, 11) is 0. The summed E-state index contributed by atoms with van der Waals surface area (Å²) in [4.78, 5) is 0. The highest BCUT2D eigenvalue weighted by atomic mass is 16.5. The molecular formula is C24H35NO3. The monoisotopic (exact) mass is 385 g/mol. The highest BCUT2D eigenvalue weighted by Gasteiger charge is 2.19. The number of aryl methyl sites for hydroxylation is 1. The number of aliphatic hydroxyl groups is 1. The van der Waals surface area contributed by atoms with Gasteiger partial charge in [-0.05, 0) is 76.8 Å². The third-order valence-corrected chi connectivity index (χ3v) is 4.83. The van der Waals surface area contributed by atoms with E-state index in [9.17, 15) is 5.11 Å². The highest BCUT2D eigenvalue weighted by Crippen LogP contribution is 2.37. The van der Waals surface area contributed by atoms with Crippen LogP contribution in [0.25, 0.3) is 0 Å². The SMILES string of the molecule is CCOc1cc(C(C)NCCCCc2ccccc2)cc(OCC)c1C(C)O. The zero-order valence-electron chi connectivity index (χ0n) is 17.7. The zero-order chi connectivity index (χ0) is 20.4. The second-order valence-corrected chi connectivity index (χ2v) is 7.09. The molecule has 0 bridgehead atoms. The van der Waals surface area contributed by atoms with Gasteiger partial charge in [0.25, 0.3) is 0 Å². The molecule has 0 aliphatic heterocycles. The summed E-state index contributed by atoms with van der Waals surface area (Å²) in [6.07, 6.45) is 2.77. The fourth-order valence-corrected chi connectivity index (χ4v) is 3.37. The quantitative estimate of drug-likeness (QED) is 0.492. The number of unbranched alkanes of at least 4 members (excludes halogenated alkanes) is 1. The maximum atomic E-state index is 10.2. The van der Waals surface area contributed by atoms with Gasteiger partial charge in [0.05, 0.1) is 24.9 Å². The van der Waals surface area contributed by atoms with E-state index in [-0.39, 0.29) is 6.04 Å². The smallest absolute Gasteiger partial charge is 0.129 e. The normalized spacial score (nSPS) is 13.2. The van der Waals surface area contributed by atoms with Gasteiger partial charge in [0, 0.05) is 6.04 Å². The number of rotatable bonds is 12. The van der Waals surface area contributed by atoms with E-state index in [0.717, 1.165) is 30.5 Å². The minimum absolute atomic E-state index is 0.179. The van der Waals surface area contributed by atoms with Crippen LogP contribution in [0.2, 0.25) is 0 Å². The fraction of sp³-hybridized carbons (Fsp3) is 0.500. The molecule has 0 aromatic heterocycles. The summed E-state index contributed by atoms with van der Waals surface area (Å²) < 4.78 is 11.6. The van der Waals surface area contributed by atoms with Crippen LogP contribution in [0, 0.1) is 0 Å². The molecule has 0 aliphatic carbocycles. The molecule has 2 aromatic rings. The lowest BCUT2D eigenvalue weighted by molar-refractivity contribution is 0.184. The molecule has 2 atom stereocenters. The molecule has 0 amide bonds. The van der Waals surface area contributed by atoms with E-state index < -0.39 is 6.10 Å². The first-order chi connectivity index (χ1) is 13.6. The van der Waals surface area contributed by atoms with Gasteiger partial charge >= 0.3 is 0 Å². The number of ether oxygens (including phenoxy) is 2. The first-order valence-corrected chi connectivity index (χ1v) is 10.5. The molecule has 0 aliphatic rings. The molecular weight excluding hydrogens is 350 g/mol. The molecule has 2 aromatic carbocycles. The van der Waals surface area contributed by atoms with Crippen LogP contribution in [0.5, 0.6) is 11.5 Å². The van der Waals surface area contributed by atoms with Gasteiger partial charge in [0.1, 0.15) is 11.5 Å². The maximum Gasteiger partial charge on any atom is 0.129 e. The summed E-state index contributed by atoms with van der Waals surface area (Å²) in [5.41, 5.74) is 3.23. The van der Waals surface area contributed by atoms with Gasteiger partial charge in [0.15, 0.2) is 0 Å². The number of hydrogen-bond donors (Lipinski definition) is 2. The molecule has 0 saturated heterocycles. The molecule has 0 spiro atoms. The Balaban J connectivity index is 1.98. The Hall–Kier alpha value is -2.04. The summed E-state index contributed by atoms with van der Waals surface area (Å²) in [5, 5.41) is 13.8. The molecule has 4 nitrogen and oxygen atoms in total. The summed E-state index contributed by atoms with van der Waals surface area (Å²) in [6, 6.07) is 14.8. The second kappa shape index (κ2) is 11.7. The van der Waals surface area contributed by atoms with Crippen LogP contribution in [-0.4, -0.2) is 24.9 Å². The van der Waals surface area contributed by atoms with Crippen molar-refractivity contribution in [3.8, 4) is 11.5 Å². The van der Waals surface area contributed by atoms with Gasteiger partial charge in [-0.25, -0.2) is 0 Å². The third-order valence-electron chi connectivity index (χ3n) is 4.83. The van der Waals surface area contributed by atoms with Crippen LogP contribution in [0.3, 0.4) is 0 Å². The van der Waals surface area contributed by atoms with E-state index in [0.29, 0.717) is 24.7 Å². The van der Waals surface area contributed by atoms with Gasteiger partial charge in [-0.2, -0.15) is 0 Å². The number of aliphatic hydroxyl groups excluding tert-OH is 1. The van der Waals surface area contributed by atoms with Crippen molar-refractivity contribution in [1.82, 2.24) is 5.32 Å². The van der Waals surface area contributed by atoms with Crippen molar-refractivity contribution >= 4 is 0 Å². The first-order valence-electron chi connectivity index (χ1n) is 10.5. The molecule has 0 saturated carbocycles. The predicted octanol–water partition coefficient (Wildman–Crippen LogP) is 5.21. The molecule has 154 valence electrons. The number of nitrogens with one attached hydrogen (secondary N) is 1. The Morgan fingerprint density at radius 1 is 0.929 bits per heavy atom. The van der Waals surface area contributed by atoms with Crippen LogP contribution in [0.1, 0.15) is 69.4 Å². The molecule has 28 heavy (non-hydrogen) atoms. The van der Waals surface area contributed by atoms with Gasteiger partial charge in [-0.3, -0.25) is 0 Å². The number of benzene rings is 2. The topological polar surface area (TPSA) is 50.7 Å².